The van der Waals surface area contributed by atoms with Crippen LogP contribution in [0.15, 0.2) is 36.4 Å². The van der Waals surface area contributed by atoms with E-state index in [1.807, 2.05) is 24.3 Å². The van der Waals surface area contributed by atoms with Gasteiger partial charge in [0.15, 0.2) is 0 Å². The fraction of sp³-hybridized carbons (Fsp3) is 0.421. The van der Waals surface area contributed by atoms with Crippen molar-refractivity contribution in [3.8, 4) is 0 Å². The highest BCUT2D eigenvalue weighted by atomic mass is 16.4. The molecule has 1 aliphatic heterocycles. The van der Waals surface area contributed by atoms with Crippen molar-refractivity contribution in [1.82, 2.24) is 0 Å². The molecule has 1 saturated heterocycles. The van der Waals surface area contributed by atoms with Crippen LogP contribution >= 0.6 is 0 Å². The number of anilines is 2. The number of benzene rings is 1. The largest absolute Gasteiger partial charge is 0.481 e. The summed E-state index contributed by atoms with van der Waals surface area (Å²) in [7, 11) is 0. The Morgan fingerprint density at radius 3 is 2.36 bits per heavy atom. The average molecular weight is 340 g/mol. The molecule has 25 heavy (non-hydrogen) atoms. The summed E-state index contributed by atoms with van der Waals surface area (Å²) in [6, 6.07) is 7.15. The molecule has 4 unspecified atom stereocenters. The fourth-order valence-electron chi connectivity index (χ4n) is 4.39. The molecule has 1 heterocycles. The molecular formula is C19H20N2O4. The molecule has 130 valence electrons. The summed E-state index contributed by atoms with van der Waals surface area (Å²) in [4.78, 5) is 37.7. The second kappa shape index (κ2) is 6.02. The molecule has 3 aliphatic rings. The molecule has 2 bridgehead atoms. The number of nitrogens with zero attached hydrogens (tertiary/aromatic N) is 1. The maximum absolute atomic E-state index is 12.6. The van der Waals surface area contributed by atoms with E-state index >= 15 is 0 Å². The van der Waals surface area contributed by atoms with Crippen LogP contribution in [0.3, 0.4) is 0 Å². The maximum Gasteiger partial charge on any atom is 0.307 e. The van der Waals surface area contributed by atoms with Crippen molar-refractivity contribution < 1.29 is 19.5 Å². The van der Waals surface area contributed by atoms with Crippen molar-refractivity contribution in [3.63, 3.8) is 0 Å². The molecule has 0 radical (unpaired) electrons. The molecule has 2 fully saturated rings. The minimum absolute atomic E-state index is 0.00703. The Labute approximate surface area is 145 Å². The van der Waals surface area contributed by atoms with E-state index in [-0.39, 0.29) is 23.7 Å². The van der Waals surface area contributed by atoms with E-state index in [1.165, 1.54) is 0 Å². The Bertz CT molecular complexity index is 755. The summed E-state index contributed by atoms with van der Waals surface area (Å²) in [5.41, 5.74) is 1.45. The molecule has 6 nitrogen and oxygen atoms in total. The second-order valence-corrected chi connectivity index (χ2v) is 7.02. The summed E-state index contributed by atoms with van der Waals surface area (Å²) in [6.07, 6.45) is 6.08. The van der Waals surface area contributed by atoms with Crippen molar-refractivity contribution in [3.05, 3.63) is 36.4 Å². The lowest BCUT2D eigenvalue weighted by Gasteiger charge is -2.24. The first-order chi connectivity index (χ1) is 12.0. The molecule has 2 amide bonds. The maximum atomic E-state index is 12.6. The second-order valence-electron chi connectivity index (χ2n) is 7.02. The van der Waals surface area contributed by atoms with Crippen LogP contribution in [0.2, 0.25) is 0 Å². The number of nitrogens with one attached hydrogen (secondary N) is 1. The SMILES string of the molecule is O=C(O)C1C2C=CC(C2)C1C(=O)Nc1ccc(N2CCCC2=O)cc1. The lowest BCUT2D eigenvalue weighted by Crippen LogP contribution is -2.36. The van der Waals surface area contributed by atoms with Crippen LogP contribution < -0.4 is 10.2 Å². The molecule has 1 saturated carbocycles. The summed E-state index contributed by atoms with van der Waals surface area (Å²) in [5.74, 6) is -2.22. The quantitative estimate of drug-likeness (QED) is 0.823. The number of allylic oxidation sites excluding steroid dienone is 2. The van der Waals surface area contributed by atoms with Gasteiger partial charge in [-0.15, -0.1) is 0 Å². The molecular weight excluding hydrogens is 320 g/mol. The first kappa shape index (κ1) is 15.9. The smallest absolute Gasteiger partial charge is 0.307 e. The van der Waals surface area contributed by atoms with E-state index in [4.69, 9.17) is 0 Å². The van der Waals surface area contributed by atoms with Gasteiger partial charge < -0.3 is 15.3 Å². The Morgan fingerprint density at radius 1 is 1.08 bits per heavy atom. The van der Waals surface area contributed by atoms with Crippen molar-refractivity contribution in [2.24, 2.45) is 23.7 Å². The third-order valence-electron chi connectivity index (χ3n) is 5.57. The van der Waals surface area contributed by atoms with Gasteiger partial charge in [0.25, 0.3) is 0 Å². The van der Waals surface area contributed by atoms with E-state index in [0.29, 0.717) is 12.1 Å². The van der Waals surface area contributed by atoms with E-state index in [2.05, 4.69) is 5.32 Å². The third-order valence-corrected chi connectivity index (χ3v) is 5.57. The van der Waals surface area contributed by atoms with Gasteiger partial charge in [0.1, 0.15) is 0 Å². The number of carboxylic acids is 1. The van der Waals surface area contributed by atoms with Crippen molar-refractivity contribution in [2.45, 2.75) is 19.3 Å². The summed E-state index contributed by atoms with van der Waals surface area (Å²) in [5, 5.41) is 12.3. The van der Waals surface area contributed by atoms with Crippen LogP contribution in [-0.2, 0) is 14.4 Å². The van der Waals surface area contributed by atoms with Crippen LogP contribution in [0.25, 0.3) is 0 Å². The standard InChI is InChI=1S/C19H20N2O4/c22-15-2-1-9-21(15)14-7-5-13(6-8-14)20-18(23)16-11-3-4-12(10-11)17(16)19(24)25/h3-8,11-12,16-17H,1-2,9-10H2,(H,20,23)(H,24,25). The predicted octanol–water partition coefficient (Wildman–Crippen LogP) is 2.27. The first-order valence-corrected chi connectivity index (χ1v) is 8.67. The number of amides is 2. The Balaban J connectivity index is 1.47. The molecule has 4 atom stereocenters. The molecule has 0 aromatic heterocycles. The summed E-state index contributed by atoms with van der Waals surface area (Å²) >= 11 is 0. The van der Waals surface area contributed by atoms with Gasteiger partial charge in [-0.05, 0) is 48.9 Å². The van der Waals surface area contributed by atoms with Crippen LogP contribution in [0, 0.1) is 23.7 Å². The van der Waals surface area contributed by atoms with Crippen LogP contribution in [0.1, 0.15) is 19.3 Å². The number of carbonyl (C=O) groups is 3. The molecule has 1 aromatic rings. The Kier molecular flexibility index (Phi) is 3.82. The minimum atomic E-state index is -0.903. The number of carboxylic acid groups (broad SMARTS) is 1. The number of rotatable bonds is 4. The number of fused-ring (bicyclic) bond motifs is 2. The van der Waals surface area contributed by atoms with Gasteiger partial charge >= 0.3 is 5.97 Å². The van der Waals surface area contributed by atoms with Crippen molar-refractivity contribution in [1.29, 1.82) is 0 Å². The zero-order valence-corrected chi connectivity index (χ0v) is 13.7. The van der Waals surface area contributed by atoms with Crippen LogP contribution in [0.4, 0.5) is 11.4 Å². The van der Waals surface area contributed by atoms with E-state index in [9.17, 15) is 19.5 Å². The topological polar surface area (TPSA) is 86.7 Å². The molecule has 4 rings (SSSR count). The predicted molar refractivity (Wildman–Crippen MR) is 92.0 cm³/mol. The highest BCUT2D eigenvalue weighted by Gasteiger charge is 2.51. The van der Waals surface area contributed by atoms with Crippen LogP contribution in [-0.4, -0.2) is 29.4 Å². The fourth-order valence-corrected chi connectivity index (χ4v) is 4.39. The molecule has 6 heteroatoms. The van der Waals surface area contributed by atoms with E-state index in [0.717, 1.165) is 25.1 Å². The Morgan fingerprint density at radius 2 is 1.76 bits per heavy atom. The first-order valence-electron chi connectivity index (χ1n) is 8.67. The molecule has 0 spiro atoms. The van der Waals surface area contributed by atoms with Gasteiger partial charge in [-0.25, -0.2) is 0 Å². The summed E-state index contributed by atoms with van der Waals surface area (Å²) < 4.78 is 0. The van der Waals surface area contributed by atoms with Gasteiger partial charge in [0.05, 0.1) is 11.8 Å². The van der Waals surface area contributed by atoms with Crippen molar-refractivity contribution in [2.75, 3.05) is 16.8 Å². The number of hydrogen-bond acceptors (Lipinski definition) is 3. The minimum Gasteiger partial charge on any atom is -0.481 e. The van der Waals surface area contributed by atoms with Gasteiger partial charge in [0, 0.05) is 24.3 Å². The average Bonchev–Trinajstić information content (AvgIpc) is 3.30. The third kappa shape index (κ3) is 2.71. The zero-order chi connectivity index (χ0) is 17.6. The number of hydrogen-bond donors (Lipinski definition) is 2. The highest BCUT2D eigenvalue weighted by molar-refractivity contribution is 5.98. The van der Waals surface area contributed by atoms with E-state index < -0.39 is 17.8 Å². The summed E-state index contributed by atoms with van der Waals surface area (Å²) in [6.45, 7) is 0.725. The van der Waals surface area contributed by atoms with Crippen LogP contribution in [0.5, 0.6) is 0 Å². The lowest BCUT2D eigenvalue weighted by atomic mass is 9.82. The van der Waals surface area contributed by atoms with Crippen molar-refractivity contribution >= 4 is 29.2 Å². The highest BCUT2D eigenvalue weighted by Crippen LogP contribution is 2.48. The molecule has 2 aliphatic carbocycles. The zero-order valence-electron chi connectivity index (χ0n) is 13.7. The van der Waals surface area contributed by atoms with Gasteiger partial charge in [-0.2, -0.15) is 0 Å². The Hall–Kier alpha value is -2.63. The monoisotopic (exact) mass is 340 g/mol. The normalized spacial score (nSPS) is 30.1. The molecule has 2 N–H and O–H groups in total. The number of aliphatic carboxylic acids is 1. The number of carbonyl (C=O) groups excluding carboxylic acids is 2. The lowest BCUT2D eigenvalue weighted by molar-refractivity contribution is -0.146. The van der Waals surface area contributed by atoms with Gasteiger partial charge in [-0.3, -0.25) is 14.4 Å². The van der Waals surface area contributed by atoms with Gasteiger partial charge in [-0.1, -0.05) is 12.2 Å². The van der Waals surface area contributed by atoms with E-state index in [1.54, 1.807) is 17.0 Å². The molecule has 1 aromatic carbocycles. The van der Waals surface area contributed by atoms with Gasteiger partial charge in [0.2, 0.25) is 11.8 Å².